The molecule has 2 rings (SSSR count). The van der Waals surface area contributed by atoms with Crippen molar-refractivity contribution in [2.45, 2.75) is 58.5 Å². The van der Waals surface area contributed by atoms with Gasteiger partial charge in [-0.25, -0.2) is 4.39 Å². The first kappa shape index (κ1) is 14.5. The van der Waals surface area contributed by atoms with Gasteiger partial charge in [-0.2, -0.15) is 0 Å². The molecule has 106 valence electrons. The van der Waals surface area contributed by atoms with Crippen LogP contribution in [0, 0.1) is 17.7 Å². The fraction of sp³-hybridized carbons (Fsp3) is 0.647. The van der Waals surface area contributed by atoms with Gasteiger partial charge in [0.25, 0.3) is 0 Å². The third-order valence-electron chi connectivity index (χ3n) is 4.52. The predicted molar refractivity (Wildman–Crippen MR) is 78.5 cm³/mol. The second-order valence-corrected chi connectivity index (χ2v) is 6.28. The Labute approximate surface area is 116 Å². The van der Waals surface area contributed by atoms with E-state index in [-0.39, 0.29) is 11.9 Å². The summed E-state index contributed by atoms with van der Waals surface area (Å²) >= 11 is 0. The first-order valence-corrected chi connectivity index (χ1v) is 7.58. The van der Waals surface area contributed by atoms with E-state index in [9.17, 15) is 4.39 Å². The molecule has 0 spiro atoms. The molecule has 3 atom stereocenters. The van der Waals surface area contributed by atoms with Gasteiger partial charge in [0.05, 0.1) is 0 Å². The van der Waals surface area contributed by atoms with Crippen molar-refractivity contribution in [3.8, 4) is 0 Å². The molecule has 0 aromatic heterocycles. The topological polar surface area (TPSA) is 12.0 Å². The predicted octanol–water partition coefficient (Wildman–Crippen LogP) is 4.69. The van der Waals surface area contributed by atoms with E-state index < -0.39 is 0 Å². The van der Waals surface area contributed by atoms with Crippen molar-refractivity contribution in [2.75, 3.05) is 0 Å². The molecule has 1 N–H and O–H groups in total. The van der Waals surface area contributed by atoms with E-state index in [4.69, 9.17) is 0 Å². The molecule has 0 radical (unpaired) electrons. The molecular weight excluding hydrogens is 237 g/mol. The minimum Gasteiger partial charge on any atom is -0.307 e. The van der Waals surface area contributed by atoms with E-state index in [0.717, 1.165) is 17.4 Å². The molecule has 2 heteroatoms. The number of rotatable bonds is 4. The number of halogens is 1. The van der Waals surface area contributed by atoms with Gasteiger partial charge in [0.15, 0.2) is 0 Å². The molecule has 1 aromatic rings. The zero-order valence-corrected chi connectivity index (χ0v) is 12.3. The molecule has 19 heavy (non-hydrogen) atoms. The average molecular weight is 263 g/mol. The van der Waals surface area contributed by atoms with E-state index in [1.54, 1.807) is 12.1 Å². The van der Waals surface area contributed by atoms with Crippen LogP contribution >= 0.6 is 0 Å². The SMILES string of the molecule is CC(NC1CCCC(C(C)C)C1)c1ccccc1F. The Morgan fingerprint density at radius 1 is 1.16 bits per heavy atom. The summed E-state index contributed by atoms with van der Waals surface area (Å²) in [6.45, 7) is 6.69. The van der Waals surface area contributed by atoms with Crippen LogP contribution in [-0.4, -0.2) is 6.04 Å². The maximum atomic E-state index is 13.8. The molecule has 1 fully saturated rings. The Balaban J connectivity index is 1.95. The molecule has 0 bridgehead atoms. The summed E-state index contributed by atoms with van der Waals surface area (Å²) in [5.74, 6) is 1.48. The number of nitrogens with one attached hydrogen (secondary N) is 1. The van der Waals surface area contributed by atoms with Crippen LogP contribution in [0.4, 0.5) is 4.39 Å². The first-order valence-electron chi connectivity index (χ1n) is 7.58. The summed E-state index contributed by atoms with van der Waals surface area (Å²) in [6.07, 6.45) is 5.10. The summed E-state index contributed by atoms with van der Waals surface area (Å²) in [7, 11) is 0. The van der Waals surface area contributed by atoms with Gasteiger partial charge in [-0.1, -0.05) is 44.9 Å². The van der Waals surface area contributed by atoms with E-state index in [0.29, 0.717) is 6.04 Å². The van der Waals surface area contributed by atoms with Crippen LogP contribution in [0.15, 0.2) is 24.3 Å². The lowest BCUT2D eigenvalue weighted by Crippen LogP contribution is -2.37. The lowest BCUT2D eigenvalue weighted by Gasteiger charge is -2.34. The van der Waals surface area contributed by atoms with Gasteiger partial charge in [0.2, 0.25) is 0 Å². The maximum Gasteiger partial charge on any atom is 0.127 e. The zero-order valence-electron chi connectivity index (χ0n) is 12.3. The minimum absolute atomic E-state index is 0.0945. The van der Waals surface area contributed by atoms with Crippen LogP contribution in [0.25, 0.3) is 0 Å². The average Bonchev–Trinajstić information content (AvgIpc) is 2.39. The van der Waals surface area contributed by atoms with Crippen LogP contribution in [0.3, 0.4) is 0 Å². The Morgan fingerprint density at radius 2 is 1.89 bits per heavy atom. The Bertz CT molecular complexity index is 402. The fourth-order valence-corrected chi connectivity index (χ4v) is 3.25. The van der Waals surface area contributed by atoms with E-state index >= 15 is 0 Å². The highest BCUT2D eigenvalue weighted by atomic mass is 19.1. The molecule has 3 unspecified atom stereocenters. The highest BCUT2D eigenvalue weighted by molar-refractivity contribution is 5.20. The van der Waals surface area contributed by atoms with Crippen molar-refractivity contribution < 1.29 is 4.39 Å². The van der Waals surface area contributed by atoms with Crippen LogP contribution in [0.5, 0.6) is 0 Å². The number of hydrogen-bond donors (Lipinski definition) is 1. The second-order valence-electron chi connectivity index (χ2n) is 6.28. The third kappa shape index (κ3) is 3.79. The van der Waals surface area contributed by atoms with Crippen molar-refractivity contribution in [1.82, 2.24) is 5.32 Å². The molecule has 1 aliphatic rings. The molecule has 1 saturated carbocycles. The standard InChI is InChI=1S/C17H26FN/c1-12(2)14-7-6-8-15(11-14)19-13(3)16-9-4-5-10-17(16)18/h4-5,9-10,12-15,19H,6-8,11H2,1-3H3. The van der Waals surface area contributed by atoms with Gasteiger partial charge < -0.3 is 5.32 Å². The summed E-state index contributed by atoms with van der Waals surface area (Å²) < 4.78 is 13.8. The monoisotopic (exact) mass is 263 g/mol. The molecule has 1 nitrogen and oxygen atoms in total. The quantitative estimate of drug-likeness (QED) is 0.831. The second kappa shape index (κ2) is 6.51. The van der Waals surface area contributed by atoms with Crippen LogP contribution in [-0.2, 0) is 0 Å². The summed E-state index contributed by atoms with van der Waals surface area (Å²) in [4.78, 5) is 0. The summed E-state index contributed by atoms with van der Waals surface area (Å²) in [5.41, 5.74) is 0.786. The molecule has 0 aliphatic heterocycles. The van der Waals surface area contributed by atoms with E-state index in [1.807, 2.05) is 12.1 Å². The molecule has 1 aromatic carbocycles. The van der Waals surface area contributed by atoms with Gasteiger partial charge in [0, 0.05) is 17.6 Å². The van der Waals surface area contributed by atoms with Gasteiger partial charge in [-0.15, -0.1) is 0 Å². The fourth-order valence-electron chi connectivity index (χ4n) is 3.25. The minimum atomic E-state index is -0.0984. The summed E-state index contributed by atoms with van der Waals surface area (Å²) in [6, 6.07) is 7.73. The van der Waals surface area contributed by atoms with Crippen molar-refractivity contribution >= 4 is 0 Å². The van der Waals surface area contributed by atoms with Gasteiger partial charge in [0.1, 0.15) is 5.82 Å². The molecule has 0 saturated heterocycles. The Kier molecular flexibility index (Phi) is 4.98. The molecule has 1 aliphatic carbocycles. The highest BCUT2D eigenvalue weighted by Gasteiger charge is 2.25. The van der Waals surface area contributed by atoms with Gasteiger partial charge >= 0.3 is 0 Å². The number of benzene rings is 1. The van der Waals surface area contributed by atoms with Crippen LogP contribution in [0.1, 0.15) is 58.1 Å². The molecular formula is C17H26FN. The smallest absolute Gasteiger partial charge is 0.127 e. The van der Waals surface area contributed by atoms with E-state index in [1.165, 1.54) is 25.7 Å². The van der Waals surface area contributed by atoms with Crippen molar-refractivity contribution in [1.29, 1.82) is 0 Å². The van der Waals surface area contributed by atoms with Gasteiger partial charge in [-0.05, 0) is 37.7 Å². The maximum absolute atomic E-state index is 13.8. The van der Waals surface area contributed by atoms with Crippen LogP contribution in [0.2, 0.25) is 0 Å². The zero-order chi connectivity index (χ0) is 13.8. The first-order chi connectivity index (χ1) is 9.08. The Hall–Kier alpha value is -0.890. The van der Waals surface area contributed by atoms with Crippen molar-refractivity contribution in [2.24, 2.45) is 11.8 Å². The van der Waals surface area contributed by atoms with Crippen molar-refractivity contribution in [3.05, 3.63) is 35.6 Å². The Morgan fingerprint density at radius 3 is 2.58 bits per heavy atom. The third-order valence-corrected chi connectivity index (χ3v) is 4.52. The summed E-state index contributed by atoms with van der Waals surface area (Å²) in [5, 5.41) is 3.62. The van der Waals surface area contributed by atoms with Crippen LogP contribution < -0.4 is 5.32 Å². The van der Waals surface area contributed by atoms with Gasteiger partial charge in [-0.3, -0.25) is 0 Å². The number of hydrogen-bond acceptors (Lipinski definition) is 1. The normalized spacial score (nSPS) is 25.5. The van der Waals surface area contributed by atoms with E-state index in [2.05, 4.69) is 26.1 Å². The lowest BCUT2D eigenvalue weighted by atomic mass is 9.79. The van der Waals surface area contributed by atoms with Crippen molar-refractivity contribution in [3.63, 3.8) is 0 Å². The molecule has 0 heterocycles. The lowest BCUT2D eigenvalue weighted by molar-refractivity contribution is 0.222. The largest absolute Gasteiger partial charge is 0.307 e. The highest BCUT2D eigenvalue weighted by Crippen LogP contribution is 2.31. The molecule has 0 amide bonds.